The molecule has 3 heteroatoms. The molecule has 0 saturated carbocycles. The third-order valence-electron chi connectivity index (χ3n) is 2.28. The molecular formula is C11H15BrFN. The second-order valence-corrected chi connectivity index (χ2v) is 4.29. The second-order valence-electron chi connectivity index (χ2n) is 3.44. The molecule has 0 spiro atoms. The fraction of sp³-hybridized carbons (Fsp3) is 0.455. The summed E-state index contributed by atoms with van der Waals surface area (Å²) in [5.74, 6) is -0.190. The number of hydrogen-bond acceptors (Lipinski definition) is 1. The van der Waals surface area contributed by atoms with Crippen molar-refractivity contribution < 1.29 is 4.39 Å². The van der Waals surface area contributed by atoms with Crippen molar-refractivity contribution in [2.45, 2.75) is 26.2 Å². The van der Waals surface area contributed by atoms with E-state index in [9.17, 15) is 4.39 Å². The topological polar surface area (TPSA) is 26.0 Å². The van der Waals surface area contributed by atoms with E-state index >= 15 is 0 Å². The maximum atomic E-state index is 13.1. The van der Waals surface area contributed by atoms with Gasteiger partial charge in [-0.2, -0.15) is 0 Å². The van der Waals surface area contributed by atoms with Gasteiger partial charge in [0.05, 0.1) is 4.47 Å². The molecular weight excluding hydrogens is 245 g/mol. The molecule has 14 heavy (non-hydrogen) atoms. The number of benzene rings is 1. The molecule has 0 radical (unpaired) electrons. The Morgan fingerprint density at radius 3 is 2.71 bits per heavy atom. The molecule has 0 amide bonds. The van der Waals surface area contributed by atoms with E-state index < -0.39 is 0 Å². The molecule has 1 rings (SSSR count). The van der Waals surface area contributed by atoms with Gasteiger partial charge in [-0.05, 0) is 71.9 Å². The van der Waals surface area contributed by atoms with Gasteiger partial charge in [0.15, 0.2) is 0 Å². The molecule has 1 aromatic carbocycles. The van der Waals surface area contributed by atoms with Gasteiger partial charge in [-0.1, -0.05) is 0 Å². The normalized spacial score (nSPS) is 10.6. The fourth-order valence-corrected chi connectivity index (χ4v) is 1.81. The minimum Gasteiger partial charge on any atom is -0.330 e. The zero-order valence-corrected chi connectivity index (χ0v) is 9.90. The number of rotatable bonds is 4. The van der Waals surface area contributed by atoms with E-state index in [0.717, 1.165) is 31.4 Å². The minimum atomic E-state index is -0.190. The lowest BCUT2D eigenvalue weighted by molar-refractivity contribution is 0.618. The highest BCUT2D eigenvalue weighted by Gasteiger charge is 2.04. The standard InChI is InChI=1S/C11H15BrFN/c1-8-6-11(13)10(12)7-9(8)4-2-3-5-14/h6-7H,2-5,14H2,1H3. The molecule has 0 aliphatic heterocycles. The van der Waals surface area contributed by atoms with Crippen LogP contribution in [-0.4, -0.2) is 6.54 Å². The van der Waals surface area contributed by atoms with Crippen LogP contribution in [0.25, 0.3) is 0 Å². The monoisotopic (exact) mass is 259 g/mol. The SMILES string of the molecule is Cc1cc(F)c(Br)cc1CCCCN. The van der Waals surface area contributed by atoms with Gasteiger partial charge in [-0.15, -0.1) is 0 Å². The highest BCUT2D eigenvalue weighted by molar-refractivity contribution is 9.10. The van der Waals surface area contributed by atoms with Crippen molar-refractivity contribution in [2.75, 3.05) is 6.54 Å². The van der Waals surface area contributed by atoms with E-state index in [2.05, 4.69) is 15.9 Å². The minimum absolute atomic E-state index is 0.190. The molecule has 0 aliphatic carbocycles. The first-order chi connectivity index (χ1) is 6.65. The molecule has 1 nitrogen and oxygen atoms in total. The maximum absolute atomic E-state index is 13.1. The van der Waals surface area contributed by atoms with Crippen molar-refractivity contribution in [1.29, 1.82) is 0 Å². The Labute approximate surface area is 92.6 Å². The quantitative estimate of drug-likeness (QED) is 0.827. The highest BCUT2D eigenvalue weighted by Crippen LogP contribution is 2.21. The van der Waals surface area contributed by atoms with Gasteiger partial charge in [0.25, 0.3) is 0 Å². The largest absolute Gasteiger partial charge is 0.330 e. The van der Waals surface area contributed by atoms with E-state index in [1.165, 1.54) is 5.56 Å². The van der Waals surface area contributed by atoms with Gasteiger partial charge in [0.1, 0.15) is 5.82 Å². The van der Waals surface area contributed by atoms with Crippen molar-refractivity contribution in [1.82, 2.24) is 0 Å². The van der Waals surface area contributed by atoms with Crippen LogP contribution >= 0.6 is 15.9 Å². The first kappa shape index (κ1) is 11.7. The van der Waals surface area contributed by atoms with E-state index in [4.69, 9.17) is 5.73 Å². The lowest BCUT2D eigenvalue weighted by Crippen LogP contribution is -2.00. The average molecular weight is 260 g/mol. The third-order valence-corrected chi connectivity index (χ3v) is 2.89. The number of hydrogen-bond donors (Lipinski definition) is 1. The van der Waals surface area contributed by atoms with Crippen molar-refractivity contribution >= 4 is 15.9 Å². The lowest BCUT2D eigenvalue weighted by atomic mass is 10.0. The first-order valence-electron chi connectivity index (χ1n) is 4.79. The van der Waals surface area contributed by atoms with Crippen LogP contribution in [0.2, 0.25) is 0 Å². The van der Waals surface area contributed by atoms with Crippen molar-refractivity contribution in [3.05, 3.63) is 33.5 Å². The Morgan fingerprint density at radius 2 is 2.07 bits per heavy atom. The van der Waals surface area contributed by atoms with E-state index in [1.54, 1.807) is 6.07 Å². The smallest absolute Gasteiger partial charge is 0.137 e. The lowest BCUT2D eigenvalue weighted by Gasteiger charge is -2.06. The Morgan fingerprint density at radius 1 is 1.36 bits per heavy atom. The zero-order valence-electron chi connectivity index (χ0n) is 8.32. The van der Waals surface area contributed by atoms with Crippen LogP contribution in [0.15, 0.2) is 16.6 Å². The van der Waals surface area contributed by atoms with Gasteiger partial charge in [0.2, 0.25) is 0 Å². The molecule has 0 aliphatic rings. The predicted octanol–water partition coefficient (Wildman–Crippen LogP) is 3.18. The van der Waals surface area contributed by atoms with Crippen LogP contribution < -0.4 is 5.73 Å². The summed E-state index contributed by atoms with van der Waals surface area (Å²) in [6.07, 6.45) is 3.06. The van der Waals surface area contributed by atoms with Crippen LogP contribution in [0, 0.1) is 12.7 Å². The summed E-state index contributed by atoms with van der Waals surface area (Å²) < 4.78 is 13.6. The van der Waals surface area contributed by atoms with E-state index in [0.29, 0.717) is 4.47 Å². The molecule has 0 fully saturated rings. The summed E-state index contributed by atoms with van der Waals surface area (Å²) in [5.41, 5.74) is 7.63. The molecule has 0 unspecified atom stereocenters. The molecule has 0 heterocycles. The Hall–Kier alpha value is -0.410. The third kappa shape index (κ3) is 3.07. The second kappa shape index (κ2) is 5.47. The molecule has 2 N–H and O–H groups in total. The van der Waals surface area contributed by atoms with E-state index in [-0.39, 0.29) is 5.82 Å². The number of aryl methyl sites for hydroxylation is 2. The summed E-state index contributed by atoms with van der Waals surface area (Å²) >= 11 is 3.19. The van der Waals surface area contributed by atoms with Crippen LogP contribution in [0.4, 0.5) is 4.39 Å². The van der Waals surface area contributed by atoms with Crippen molar-refractivity contribution in [3.8, 4) is 0 Å². The first-order valence-corrected chi connectivity index (χ1v) is 5.59. The summed E-state index contributed by atoms with van der Waals surface area (Å²) in [6, 6.07) is 3.43. The van der Waals surface area contributed by atoms with Gasteiger partial charge < -0.3 is 5.73 Å². The Balaban J connectivity index is 2.72. The predicted molar refractivity (Wildman–Crippen MR) is 60.8 cm³/mol. The van der Waals surface area contributed by atoms with Crippen LogP contribution in [0.5, 0.6) is 0 Å². The highest BCUT2D eigenvalue weighted by atomic mass is 79.9. The summed E-state index contributed by atoms with van der Waals surface area (Å²) in [4.78, 5) is 0. The molecule has 1 aromatic rings. The van der Waals surface area contributed by atoms with Gasteiger partial charge in [-0.25, -0.2) is 4.39 Å². The number of nitrogens with two attached hydrogens (primary N) is 1. The summed E-state index contributed by atoms with van der Waals surface area (Å²) in [7, 11) is 0. The zero-order chi connectivity index (χ0) is 10.6. The maximum Gasteiger partial charge on any atom is 0.137 e. The molecule has 0 atom stereocenters. The van der Waals surface area contributed by atoms with Crippen molar-refractivity contribution in [3.63, 3.8) is 0 Å². The Bertz CT molecular complexity index is 312. The van der Waals surface area contributed by atoms with Crippen molar-refractivity contribution in [2.24, 2.45) is 5.73 Å². The molecule has 0 bridgehead atoms. The molecule has 0 saturated heterocycles. The summed E-state index contributed by atoms with van der Waals surface area (Å²) in [5, 5.41) is 0. The van der Waals surface area contributed by atoms with Crippen LogP contribution in [-0.2, 0) is 6.42 Å². The van der Waals surface area contributed by atoms with Gasteiger partial charge >= 0.3 is 0 Å². The average Bonchev–Trinajstić information content (AvgIpc) is 2.14. The Kier molecular flexibility index (Phi) is 4.55. The number of unbranched alkanes of at least 4 members (excludes halogenated alkanes) is 1. The van der Waals surface area contributed by atoms with Gasteiger partial charge in [-0.3, -0.25) is 0 Å². The number of halogens is 2. The van der Waals surface area contributed by atoms with Crippen LogP contribution in [0.1, 0.15) is 24.0 Å². The van der Waals surface area contributed by atoms with Gasteiger partial charge in [0, 0.05) is 0 Å². The molecule has 78 valence electrons. The molecule has 0 aromatic heterocycles. The van der Waals surface area contributed by atoms with Crippen LogP contribution in [0.3, 0.4) is 0 Å². The summed E-state index contributed by atoms with van der Waals surface area (Å²) in [6.45, 7) is 2.66. The fourth-order valence-electron chi connectivity index (χ4n) is 1.42. The van der Waals surface area contributed by atoms with E-state index in [1.807, 2.05) is 13.0 Å².